The van der Waals surface area contributed by atoms with E-state index in [1.54, 1.807) is 12.1 Å². The quantitative estimate of drug-likeness (QED) is 0.202. The van der Waals surface area contributed by atoms with Gasteiger partial charge in [0.15, 0.2) is 5.58 Å². The monoisotopic (exact) mass is 525 g/mol. The average molecular weight is 526 g/mol. The summed E-state index contributed by atoms with van der Waals surface area (Å²) in [5.74, 6) is 0.0174. The van der Waals surface area contributed by atoms with E-state index in [1.165, 1.54) is 13.8 Å². The third-order valence-corrected chi connectivity index (χ3v) is 5.89. The van der Waals surface area contributed by atoms with Gasteiger partial charge in [-0.05, 0) is 62.2 Å². The first-order valence-corrected chi connectivity index (χ1v) is 12.2. The van der Waals surface area contributed by atoms with Crippen molar-refractivity contribution < 1.29 is 53.3 Å². The summed E-state index contributed by atoms with van der Waals surface area (Å²) >= 11 is 0. The van der Waals surface area contributed by atoms with Crippen molar-refractivity contribution in [3.8, 4) is 11.5 Å². The second-order valence-electron chi connectivity index (χ2n) is 9.52. The Bertz CT molecular complexity index is 1300. The van der Waals surface area contributed by atoms with Crippen molar-refractivity contribution in [2.75, 3.05) is 37.0 Å². The molecule has 0 fully saturated rings. The zero-order chi connectivity index (χ0) is 26.4. The summed E-state index contributed by atoms with van der Waals surface area (Å²) in [5, 5.41) is 11.3. The minimum Gasteiger partial charge on any atom is -0.546 e. The van der Waals surface area contributed by atoms with E-state index in [1.807, 2.05) is 79.7 Å². The largest absolute Gasteiger partial charge is 1.00 e. The van der Waals surface area contributed by atoms with Crippen LogP contribution in [0.3, 0.4) is 0 Å². The van der Waals surface area contributed by atoms with Crippen LogP contribution < -0.4 is 53.9 Å². The SMILES string of the molecule is CN(C)c1cccc(OCCCN(Cc2ccc(OC(C)(C)C(=O)[O-])cc2)c2nc3ccccc3o2)c1.[Na+]. The van der Waals surface area contributed by atoms with Gasteiger partial charge >= 0.3 is 29.6 Å². The van der Waals surface area contributed by atoms with Gasteiger partial charge in [0.25, 0.3) is 6.01 Å². The van der Waals surface area contributed by atoms with Crippen LogP contribution in [0.15, 0.2) is 77.2 Å². The maximum Gasteiger partial charge on any atom is 1.00 e. The number of aliphatic carboxylic acids is 1. The number of carboxylic acid groups (broad SMARTS) is 1. The predicted octanol–water partition coefficient (Wildman–Crippen LogP) is 1.28. The molecular formula is C29H32N3NaO5. The topological polar surface area (TPSA) is 91.1 Å². The number of oxazole rings is 1. The average Bonchev–Trinajstić information content (AvgIpc) is 3.31. The molecule has 0 aliphatic heterocycles. The number of carbonyl (C=O) groups is 1. The number of benzene rings is 3. The van der Waals surface area contributed by atoms with Gasteiger partial charge in [0.05, 0.1) is 12.6 Å². The number of carboxylic acids is 1. The van der Waals surface area contributed by atoms with Crippen LogP contribution in [0.1, 0.15) is 25.8 Å². The third-order valence-electron chi connectivity index (χ3n) is 5.89. The van der Waals surface area contributed by atoms with E-state index in [-0.39, 0.29) is 29.6 Å². The van der Waals surface area contributed by atoms with Crippen molar-refractivity contribution >= 4 is 28.8 Å². The fourth-order valence-electron chi connectivity index (χ4n) is 3.75. The predicted molar refractivity (Wildman–Crippen MR) is 142 cm³/mol. The van der Waals surface area contributed by atoms with E-state index < -0.39 is 11.6 Å². The molecule has 4 aromatic rings. The van der Waals surface area contributed by atoms with Crippen molar-refractivity contribution in [3.05, 3.63) is 78.4 Å². The number of hydrogen-bond donors (Lipinski definition) is 0. The van der Waals surface area contributed by atoms with Crippen LogP contribution in [-0.4, -0.2) is 43.8 Å². The Morgan fingerprint density at radius 2 is 1.74 bits per heavy atom. The molecule has 8 nitrogen and oxygen atoms in total. The van der Waals surface area contributed by atoms with Crippen LogP contribution in [0.2, 0.25) is 0 Å². The van der Waals surface area contributed by atoms with E-state index in [2.05, 4.69) is 9.88 Å². The molecule has 0 aliphatic rings. The molecule has 0 radical (unpaired) electrons. The fourth-order valence-corrected chi connectivity index (χ4v) is 3.75. The number of rotatable bonds is 12. The molecule has 9 heteroatoms. The molecule has 0 unspecified atom stereocenters. The van der Waals surface area contributed by atoms with E-state index >= 15 is 0 Å². The molecule has 0 amide bonds. The molecule has 0 aliphatic carbocycles. The zero-order valence-electron chi connectivity index (χ0n) is 22.6. The van der Waals surface area contributed by atoms with Crippen molar-refractivity contribution in [2.24, 2.45) is 0 Å². The minimum atomic E-state index is -1.42. The van der Waals surface area contributed by atoms with Crippen molar-refractivity contribution in [1.29, 1.82) is 0 Å². The number of para-hydroxylation sites is 2. The minimum absolute atomic E-state index is 0. The smallest absolute Gasteiger partial charge is 0.546 e. The first kappa shape index (κ1) is 29.4. The second-order valence-corrected chi connectivity index (χ2v) is 9.52. The summed E-state index contributed by atoms with van der Waals surface area (Å²) < 4.78 is 17.6. The summed E-state index contributed by atoms with van der Waals surface area (Å²) in [6.07, 6.45) is 0.756. The van der Waals surface area contributed by atoms with Gasteiger partial charge in [0.1, 0.15) is 22.6 Å². The number of carbonyl (C=O) groups excluding carboxylic acids is 1. The molecule has 0 atom stereocenters. The molecule has 0 bridgehead atoms. The van der Waals surface area contributed by atoms with Crippen LogP contribution in [0, 0.1) is 0 Å². The van der Waals surface area contributed by atoms with E-state index in [0.717, 1.165) is 34.5 Å². The molecule has 0 spiro atoms. The molecule has 0 saturated carbocycles. The Morgan fingerprint density at radius 3 is 2.42 bits per heavy atom. The standard InChI is InChI=1S/C29H33N3O5.Na/c1-29(2,27(33)34)37-23-15-13-21(14-16-23)20-32(28-30-25-11-5-6-12-26(25)36-28)17-8-18-35-24-10-7-9-22(19-24)31(3)4;/h5-7,9-16,19H,8,17-18,20H2,1-4H3,(H,33,34);/q;+1/p-1. The maximum atomic E-state index is 11.3. The molecule has 38 heavy (non-hydrogen) atoms. The first-order chi connectivity index (χ1) is 17.7. The fraction of sp³-hybridized carbons (Fsp3) is 0.310. The summed E-state index contributed by atoms with van der Waals surface area (Å²) in [7, 11) is 4.00. The molecule has 194 valence electrons. The summed E-state index contributed by atoms with van der Waals surface area (Å²) in [4.78, 5) is 20.0. The third kappa shape index (κ3) is 7.66. The van der Waals surface area contributed by atoms with Gasteiger partial charge in [-0.3, -0.25) is 0 Å². The number of fused-ring (bicyclic) bond motifs is 1. The van der Waals surface area contributed by atoms with E-state index in [9.17, 15) is 9.90 Å². The van der Waals surface area contributed by atoms with Gasteiger partial charge in [-0.25, -0.2) is 0 Å². The summed E-state index contributed by atoms with van der Waals surface area (Å²) in [5.41, 5.74) is 2.19. The maximum absolute atomic E-state index is 11.3. The van der Waals surface area contributed by atoms with Crippen molar-refractivity contribution in [3.63, 3.8) is 0 Å². The number of anilines is 2. The van der Waals surface area contributed by atoms with Crippen LogP contribution in [0.5, 0.6) is 11.5 Å². The zero-order valence-corrected chi connectivity index (χ0v) is 24.6. The Kier molecular flexibility index (Phi) is 10.1. The Labute approximate surface area is 245 Å². The molecule has 0 saturated heterocycles. The van der Waals surface area contributed by atoms with E-state index in [4.69, 9.17) is 13.9 Å². The van der Waals surface area contributed by atoms with Crippen molar-refractivity contribution in [2.45, 2.75) is 32.4 Å². The molecule has 4 rings (SSSR count). The van der Waals surface area contributed by atoms with Gasteiger partial charge in [-0.2, -0.15) is 4.98 Å². The Balaban J connectivity index is 0.00000400. The molecular weight excluding hydrogens is 493 g/mol. The Hall–Kier alpha value is -3.20. The van der Waals surface area contributed by atoms with Gasteiger partial charge in [-0.1, -0.05) is 30.3 Å². The van der Waals surface area contributed by atoms with Crippen LogP contribution >= 0.6 is 0 Å². The van der Waals surface area contributed by atoms with Crippen molar-refractivity contribution in [1.82, 2.24) is 4.98 Å². The number of ether oxygens (including phenoxy) is 2. The molecule has 1 aromatic heterocycles. The number of hydrogen-bond acceptors (Lipinski definition) is 8. The van der Waals surface area contributed by atoms with Gasteiger partial charge in [0.2, 0.25) is 0 Å². The van der Waals surface area contributed by atoms with E-state index in [0.29, 0.717) is 31.5 Å². The Morgan fingerprint density at radius 1 is 1.00 bits per heavy atom. The van der Waals surface area contributed by atoms with Gasteiger partial charge < -0.3 is 33.6 Å². The molecule has 1 heterocycles. The number of nitrogens with zero attached hydrogens (tertiary/aromatic N) is 3. The second kappa shape index (κ2) is 13.0. The number of aromatic nitrogens is 1. The van der Waals surface area contributed by atoms with Crippen LogP contribution in [0.4, 0.5) is 11.7 Å². The van der Waals surface area contributed by atoms with Crippen LogP contribution in [-0.2, 0) is 11.3 Å². The first-order valence-electron chi connectivity index (χ1n) is 12.2. The van der Waals surface area contributed by atoms with Gasteiger partial charge in [-0.15, -0.1) is 0 Å². The molecule has 3 aromatic carbocycles. The summed E-state index contributed by atoms with van der Waals surface area (Å²) in [6, 6.07) is 23.5. The van der Waals surface area contributed by atoms with Crippen LogP contribution in [0.25, 0.3) is 11.1 Å². The molecule has 0 N–H and O–H groups in total. The summed E-state index contributed by atoms with van der Waals surface area (Å²) in [6.45, 7) is 4.68. The normalized spacial score (nSPS) is 11.1. The van der Waals surface area contributed by atoms with Gasteiger partial charge in [0, 0.05) is 38.9 Å².